The summed E-state index contributed by atoms with van der Waals surface area (Å²) in [6.45, 7) is 7.30. The minimum atomic E-state index is -3.42. The molecule has 1 fully saturated rings. The highest BCUT2D eigenvalue weighted by Crippen LogP contribution is 2.30. The second kappa shape index (κ2) is 8.97. The molecule has 0 spiro atoms. The molecule has 0 aromatic heterocycles. The summed E-state index contributed by atoms with van der Waals surface area (Å²) < 4.78 is 37.8. The van der Waals surface area contributed by atoms with Crippen LogP contribution in [0.1, 0.15) is 52.9 Å². The number of hydrogen-bond acceptors (Lipinski definition) is 5. The van der Waals surface area contributed by atoms with Crippen molar-refractivity contribution in [1.82, 2.24) is 4.72 Å². The van der Waals surface area contributed by atoms with E-state index in [1.54, 1.807) is 0 Å². The van der Waals surface area contributed by atoms with E-state index in [1.807, 2.05) is 20.8 Å². The van der Waals surface area contributed by atoms with E-state index in [2.05, 4.69) is 10.8 Å². The van der Waals surface area contributed by atoms with Gasteiger partial charge >= 0.3 is 0 Å². The van der Waals surface area contributed by atoms with E-state index in [4.69, 9.17) is 9.47 Å². The lowest BCUT2D eigenvalue weighted by Crippen LogP contribution is -2.40. The molecule has 6 nitrogen and oxygen atoms in total. The van der Waals surface area contributed by atoms with Gasteiger partial charge in [0.05, 0.1) is 25.0 Å². The first-order valence-corrected chi connectivity index (χ1v) is 10.00. The van der Waals surface area contributed by atoms with E-state index in [-0.39, 0.29) is 17.8 Å². The summed E-state index contributed by atoms with van der Waals surface area (Å²) in [6.07, 6.45) is 4.42. The van der Waals surface area contributed by atoms with Crippen LogP contribution in [-0.4, -0.2) is 46.1 Å². The average molecular weight is 346 g/mol. The molecular weight excluding hydrogens is 316 g/mol. The van der Waals surface area contributed by atoms with Crippen LogP contribution < -0.4 is 4.72 Å². The van der Waals surface area contributed by atoms with Crippen LogP contribution in [-0.2, 0) is 19.5 Å². The Labute approximate surface area is 140 Å². The molecule has 7 heteroatoms. The van der Waals surface area contributed by atoms with E-state index in [1.165, 1.54) is 0 Å². The molecule has 134 valence electrons. The maximum atomic E-state index is 12.1. The molecule has 0 unspecified atom stereocenters. The molecular formula is C16H30N2O4S. The summed E-state index contributed by atoms with van der Waals surface area (Å²) in [5.74, 6) is -0.124. The van der Waals surface area contributed by atoms with Crippen molar-refractivity contribution in [3.8, 4) is 6.07 Å². The maximum Gasteiger partial charge on any atom is 0.213 e. The summed E-state index contributed by atoms with van der Waals surface area (Å²) in [5, 5.41) is 9.31. The van der Waals surface area contributed by atoms with E-state index in [0.29, 0.717) is 32.6 Å². The van der Waals surface area contributed by atoms with Gasteiger partial charge in [0, 0.05) is 18.6 Å². The van der Waals surface area contributed by atoms with Crippen LogP contribution in [0.25, 0.3) is 0 Å². The van der Waals surface area contributed by atoms with Crippen molar-refractivity contribution in [2.45, 2.75) is 58.5 Å². The van der Waals surface area contributed by atoms with Gasteiger partial charge in [0.25, 0.3) is 0 Å². The fourth-order valence-corrected chi connectivity index (χ4v) is 3.62. The molecule has 1 rings (SSSR count). The first-order valence-electron chi connectivity index (χ1n) is 8.34. The average Bonchev–Trinajstić information content (AvgIpc) is 2.52. The normalized spacial score (nSPS) is 18.5. The predicted octanol–water partition coefficient (Wildman–Crippen LogP) is 2.21. The van der Waals surface area contributed by atoms with Crippen molar-refractivity contribution in [1.29, 1.82) is 5.26 Å². The SMILES string of the molecule is CCOCC(C)(C)CNS(=O)(=O)CCOC1(C#N)CCCCC1. The van der Waals surface area contributed by atoms with Gasteiger partial charge in [0.1, 0.15) is 0 Å². The molecule has 1 N–H and O–H groups in total. The first-order chi connectivity index (χ1) is 10.7. The van der Waals surface area contributed by atoms with Gasteiger partial charge in [-0.05, 0) is 32.6 Å². The third-order valence-corrected chi connectivity index (χ3v) is 5.35. The molecule has 0 aliphatic heterocycles. The Morgan fingerprint density at radius 2 is 1.91 bits per heavy atom. The van der Waals surface area contributed by atoms with E-state index >= 15 is 0 Å². The van der Waals surface area contributed by atoms with Crippen LogP contribution in [0.4, 0.5) is 0 Å². The van der Waals surface area contributed by atoms with Crippen LogP contribution in [0.3, 0.4) is 0 Å². The van der Waals surface area contributed by atoms with Gasteiger partial charge in [-0.15, -0.1) is 0 Å². The molecule has 0 atom stereocenters. The molecule has 1 aliphatic rings. The second-order valence-corrected chi connectivity index (χ2v) is 8.88. The Balaban J connectivity index is 2.39. The van der Waals surface area contributed by atoms with Crippen molar-refractivity contribution < 1.29 is 17.9 Å². The number of nitriles is 1. The van der Waals surface area contributed by atoms with Crippen molar-refractivity contribution in [2.75, 3.05) is 32.1 Å². The number of nitrogens with one attached hydrogen (secondary N) is 1. The number of sulfonamides is 1. The first kappa shape index (κ1) is 20.4. The third-order valence-electron chi connectivity index (χ3n) is 4.06. The Hall–Kier alpha value is -0.680. The van der Waals surface area contributed by atoms with Crippen molar-refractivity contribution in [2.24, 2.45) is 5.41 Å². The standard InChI is InChI=1S/C16H30N2O4S/c1-4-21-14-15(2,3)13-18-23(19,20)11-10-22-16(12-17)8-6-5-7-9-16/h18H,4-11,13-14H2,1-3H3. The van der Waals surface area contributed by atoms with E-state index in [9.17, 15) is 13.7 Å². The lowest BCUT2D eigenvalue weighted by molar-refractivity contribution is -0.0197. The number of nitrogens with zero attached hydrogens (tertiary/aromatic N) is 1. The zero-order valence-electron chi connectivity index (χ0n) is 14.6. The van der Waals surface area contributed by atoms with Gasteiger partial charge in [-0.25, -0.2) is 13.1 Å². The number of hydrogen-bond donors (Lipinski definition) is 1. The summed E-state index contributed by atoms with van der Waals surface area (Å²) >= 11 is 0. The fraction of sp³-hybridized carbons (Fsp3) is 0.938. The third kappa shape index (κ3) is 7.62. The van der Waals surface area contributed by atoms with Crippen molar-refractivity contribution in [3.63, 3.8) is 0 Å². The van der Waals surface area contributed by atoms with Crippen molar-refractivity contribution >= 4 is 10.0 Å². The molecule has 0 heterocycles. The highest BCUT2D eigenvalue weighted by molar-refractivity contribution is 7.89. The zero-order chi connectivity index (χ0) is 17.4. The quantitative estimate of drug-likeness (QED) is 0.655. The number of ether oxygens (including phenoxy) is 2. The lowest BCUT2D eigenvalue weighted by atomic mass is 9.86. The second-order valence-electron chi connectivity index (χ2n) is 6.96. The van der Waals surface area contributed by atoms with Gasteiger partial charge in [0.15, 0.2) is 5.60 Å². The van der Waals surface area contributed by atoms with Crippen LogP contribution in [0.15, 0.2) is 0 Å². The highest BCUT2D eigenvalue weighted by Gasteiger charge is 2.33. The minimum Gasteiger partial charge on any atom is -0.381 e. The van der Waals surface area contributed by atoms with Crippen molar-refractivity contribution in [3.05, 3.63) is 0 Å². The molecule has 1 aliphatic carbocycles. The van der Waals surface area contributed by atoms with Gasteiger partial charge < -0.3 is 9.47 Å². The van der Waals surface area contributed by atoms with Gasteiger partial charge in [0.2, 0.25) is 10.0 Å². The Kier molecular flexibility index (Phi) is 7.95. The molecule has 0 radical (unpaired) electrons. The molecule has 0 bridgehead atoms. The summed E-state index contributed by atoms with van der Waals surface area (Å²) in [6, 6.07) is 2.23. The fourth-order valence-electron chi connectivity index (χ4n) is 2.56. The number of rotatable bonds is 10. The molecule has 1 saturated carbocycles. The molecule has 0 amide bonds. The lowest BCUT2D eigenvalue weighted by Gasteiger charge is -2.30. The monoisotopic (exact) mass is 346 g/mol. The maximum absolute atomic E-state index is 12.1. The highest BCUT2D eigenvalue weighted by atomic mass is 32.2. The molecule has 0 saturated heterocycles. The zero-order valence-corrected chi connectivity index (χ0v) is 15.4. The smallest absolute Gasteiger partial charge is 0.213 e. The molecule has 0 aromatic carbocycles. The van der Waals surface area contributed by atoms with Crippen LogP contribution in [0.5, 0.6) is 0 Å². The van der Waals surface area contributed by atoms with Crippen LogP contribution in [0.2, 0.25) is 0 Å². The molecule has 23 heavy (non-hydrogen) atoms. The van der Waals surface area contributed by atoms with Gasteiger partial charge in [-0.3, -0.25) is 0 Å². The van der Waals surface area contributed by atoms with Crippen LogP contribution in [0, 0.1) is 16.7 Å². The van der Waals surface area contributed by atoms with E-state index < -0.39 is 15.6 Å². The molecule has 0 aromatic rings. The summed E-state index contributed by atoms with van der Waals surface area (Å²) in [4.78, 5) is 0. The van der Waals surface area contributed by atoms with Gasteiger partial charge in [-0.1, -0.05) is 20.3 Å². The summed E-state index contributed by atoms with van der Waals surface area (Å²) in [5.41, 5.74) is -1.05. The Morgan fingerprint density at radius 3 is 2.48 bits per heavy atom. The predicted molar refractivity (Wildman–Crippen MR) is 89.4 cm³/mol. The Bertz CT molecular complexity index is 491. The topological polar surface area (TPSA) is 88.4 Å². The van der Waals surface area contributed by atoms with E-state index in [0.717, 1.165) is 19.3 Å². The Morgan fingerprint density at radius 1 is 1.26 bits per heavy atom. The summed E-state index contributed by atoms with van der Waals surface area (Å²) in [7, 11) is -3.42. The van der Waals surface area contributed by atoms with Gasteiger partial charge in [-0.2, -0.15) is 5.26 Å². The van der Waals surface area contributed by atoms with Crippen LogP contribution >= 0.6 is 0 Å². The minimum absolute atomic E-state index is 0.0504. The largest absolute Gasteiger partial charge is 0.381 e.